The van der Waals surface area contributed by atoms with Crippen LogP contribution in [0.1, 0.15) is 36.6 Å². The van der Waals surface area contributed by atoms with E-state index in [9.17, 15) is 19.2 Å². The first-order valence-corrected chi connectivity index (χ1v) is 10.4. The van der Waals surface area contributed by atoms with E-state index in [4.69, 9.17) is 14.2 Å². The van der Waals surface area contributed by atoms with Crippen LogP contribution >= 0.6 is 0 Å². The Bertz CT molecular complexity index is 1140. The normalized spacial score (nSPS) is 14.0. The molecule has 0 spiro atoms. The Morgan fingerprint density at radius 2 is 1.79 bits per heavy atom. The molecule has 9 nitrogen and oxygen atoms in total. The number of benzene rings is 2. The van der Waals surface area contributed by atoms with Crippen LogP contribution < -0.4 is 14.8 Å². The molecule has 2 aromatic carbocycles. The molecule has 0 aliphatic carbocycles. The van der Waals surface area contributed by atoms with Crippen molar-refractivity contribution in [2.75, 3.05) is 32.9 Å². The number of amides is 3. The minimum absolute atomic E-state index is 0.0819. The van der Waals surface area contributed by atoms with Crippen molar-refractivity contribution in [3.05, 3.63) is 71.3 Å². The SMILES string of the molecule is C=CCN1C(=O)c2ccc(C(=O)OCC(=O)NCCc3ccc4c(c3)OCCO4)cc2C1=O. The summed E-state index contributed by atoms with van der Waals surface area (Å²) in [7, 11) is 0. The van der Waals surface area contributed by atoms with E-state index < -0.39 is 30.3 Å². The molecule has 3 amide bonds. The lowest BCUT2D eigenvalue weighted by Crippen LogP contribution is -2.30. The molecule has 2 aromatic rings. The predicted molar refractivity (Wildman–Crippen MR) is 116 cm³/mol. The Morgan fingerprint density at radius 3 is 2.58 bits per heavy atom. The van der Waals surface area contributed by atoms with E-state index in [1.54, 1.807) is 0 Å². The molecule has 0 aromatic heterocycles. The Kier molecular flexibility index (Phi) is 6.39. The fourth-order valence-corrected chi connectivity index (χ4v) is 3.57. The van der Waals surface area contributed by atoms with Gasteiger partial charge in [0.2, 0.25) is 0 Å². The second kappa shape index (κ2) is 9.56. The lowest BCUT2D eigenvalue weighted by Gasteiger charge is -2.18. The fraction of sp³-hybridized carbons (Fsp3) is 0.250. The highest BCUT2D eigenvalue weighted by Crippen LogP contribution is 2.30. The highest BCUT2D eigenvalue weighted by molar-refractivity contribution is 6.22. The molecule has 2 heterocycles. The second-order valence-electron chi connectivity index (χ2n) is 7.42. The van der Waals surface area contributed by atoms with Gasteiger partial charge in [-0.3, -0.25) is 19.3 Å². The first kappa shape index (κ1) is 22.1. The third-order valence-corrected chi connectivity index (χ3v) is 5.19. The summed E-state index contributed by atoms with van der Waals surface area (Å²) >= 11 is 0. The second-order valence-corrected chi connectivity index (χ2v) is 7.42. The molecule has 9 heteroatoms. The topological polar surface area (TPSA) is 111 Å². The van der Waals surface area contributed by atoms with Gasteiger partial charge in [0.1, 0.15) is 13.2 Å². The molecular weight excluding hydrogens is 428 g/mol. The van der Waals surface area contributed by atoms with Crippen molar-refractivity contribution < 1.29 is 33.4 Å². The molecule has 0 unspecified atom stereocenters. The predicted octanol–water partition coefficient (Wildman–Crippen LogP) is 1.76. The molecule has 170 valence electrons. The number of rotatable bonds is 8. The van der Waals surface area contributed by atoms with Crippen LogP contribution in [-0.4, -0.2) is 61.5 Å². The molecule has 0 fully saturated rings. The van der Waals surface area contributed by atoms with Crippen molar-refractivity contribution in [3.8, 4) is 11.5 Å². The molecule has 4 rings (SSSR count). The average molecular weight is 450 g/mol. The lowest BCUT2D eigenvalue weighted by atomic mass is 10.1. The van der Waals surface area contributed by atoms with Gasteiger partial charge in [0.25, 0.3) is 17.7 Å². The summed E-state index contributed by atoms with van der Waals surface area (Å²) in [4.78, 5) is 50.0. The van der Waals surface area contributed by atoms with Gasteiger partial charge >= 0.3 is 5.97 Å². The zero-order chi connectivity index (χ0) is 23.4. The Labute approximate surface area is 189 Å². The van der Waals surface area contributed by atoms with Crippen molar-refractivity contribution in [1.29, 1.82) is 0 Å². The molecule has 1 N–H and O–H groups in total. The van der Waals surface area contributed by atoms with Gasteiger partial charge in [0.15, 0.2) is 18.1 Å². The zero-order valence-electron chi connectivity index (χ0n) is 17.8. The number of nitrogens with zero attached hydrogens (tertiary/aromatic N) is 1. The molecule has 2 aliphatic rings. The highest BCUT2D eigenvalue weighted by Gasteiger charge is 2.35. The number of imide groups is 1. The lowest BCUT2D eigenvalue weighted by molar-refractivity contribution is -0.124. The molecule has 2 aliphatic heterocycles. The molecule has 33 heavy (non-hydrogen) atoms. The molecule has 0 bridgehead atoms. The van der Waals surface area contributed by atoms with Crippen molar-refractivity contribution in [3.63, 3.8) is 0 Å². The van der Waals surface area contributed by atoms with Gasteiger partial charge < -0.3 is 19.5 Å². The number of hydrogen-bond donors (Lipinski definition) is 1. The number of ether oxygens (including phenoxy) is 3. The van der Waals surface area contributed by atoms with E-state index in [2.05, 4.69) is 11.9 Å². The van der Waals surface area contributed by atoms with Crippen LogP contribution in [0.5, 0.6) is 11.5 Å². The number of esters is 1. The van der Waals surface area contributed by atoms with E-state index in [0.29, 0.717) is 37.7 Å². The largest absolute Gasteiger partial charge is 0.486 e. The summed E-state index contributed by atoms with van der Waals surface area (Å²) in [6, 6.07) is 9.71. The number of fused-ring (bicyclic) bond motifs is 2. The number of carbonyl (C=O) groups is 4. The standard InChI is InChI=1S/C24H22N2O7/c1-2-9-26-22(28)17-5-4-16(13-18(17)23(26)29)24(30)33-14-21(27)25-8-7-15-3-6-19-20(12-15)32-11-10-31-19/h2-6,12-13H,1,7-11,14H2,(H,25,27). The summed E-state index contributed by atoms with van der Waals surface area (Å²) in [6.45, 7) is 4.52. The maximum absolute atomic E-state index is 12.4. The van der Waals surface area contributed by atoms with E-state index >= 15 is 0 Å². The molecule has 0 atom stereocenters. The van der Waals surface area contributed by atoms with Gasteiger partial charge in [0, 0.05) is 13.1 Å². The van der Waals surface area contributed by atoms with Crippen LogP contribution in [0, 0.1) is 0 Å². The van der Waals surface area contributed by atoms with Crippen LogP contribution in [-0.2, 0) is 16.0 Å². The van der Waals surface area contributed by atoms with Crippen LogP contribution in [0.25, 0.3) is 0 Å². The summed E-state index contributed by atoms with van der Waals surface area (Å²) in [5.41, 5.74) is 1.40. The molecule has 0 saturated heterocycles. The molecule has 0 saturated carbocycles. The maximum atomic E-state index is 12.4. The minimum atomic E-state index is -0.762. The third kappa shape index (κ3) is 4.72. The first-order chi connectivity index (χ1) is 16.0. The summed E-state index contributed by atoms with van der Waals surface area (Å²) in [5, 5.41) is 2.69. The Morgan fingerprint density at radius 1 is 1.03 bits per heavy atom. The van der Waals surface area contributed by atoms with E-state index in [1.807, 2.05) is 18.2 Å². The quantitative estimate of drug-likeness (QED) is 0.371. The van der Waals surface area contributed by atoms with Crippen LogP contribution in [0.15, 0.2) is 49.1 Å². The number of carbonyl (C=O) groups excluding carboxylic acids is 4. The van der Waals surface area contributed by atoms with Crippen molar-refractivity contribution in [1.82, 2.24) is 10.2 Å². The molecule has 0 radical (unpaired) electrons. The van der Waals surface area contributed by atoms with Gasteiger partial charge in [-0.15, -0.1) is 6.58 Å². The smallest absolute Gasteiger partial charge is 0.338 e. The van der Waals surface area contributed by atoms with Gasteiger partial charge in [0.05, 0.1) is 16.7 Å². The average Bonchev–Trinajstić information content (AvgIpc) is 3.07. The van der Waals surface area contributed by atoms with E-state index in [0.717, 1.165) is 10.5 Å². The minimum Gasteiger partial charge on any atom is -0.486 e. The van der Waals surface area contributed by atoms with Gasteiger partial charge in [-0.25, -0.2) is 4.79 Å². The van der Waals surface area contributed by atoms with Crippen molar-refractivity contribution in [2.45, 2.75) is 6.42 Å². The fourth-order valence-electron chi connectivity index (χ4n) is 3.57. The summed E-state index contributed by atoms with van der Waals surface area (Å²) in [6.07, 6.45) is 2.02. The third-order valence-electron chi connectivity index (χ3n) is 5.19. The van der Waals surface area contributed by atoms with Gasteiger partial charge in [-0.1, -0.05) is 12.1 Å². The highest BCUT2D eigenvalue weighted by atomic mass is 16.6. The van der Waals surface area contributed by atoms with Crippen molar-refractivity contribution in [2.24, 2.45) is 0 Å². The van der Waals surface area contributed by atoms with Crippen LogP contribution in [0.4, 0.5) is 0 Å². The maximum Gasteiger partial charge on any atom is 0.338 e. The summed E-state index contributed by atoms with van der Waals surface area (Å²) < 4.78 is 16.1. The summed E-state index contributed by atoms with van der Waals surface area (Å²) in [5.74, 6) is -0.769. The number of hydrogen-bond acceptors (Lipinski definition) is 7. The van der Waals surface area contributed by atoms with Gasteiger partial charge in [-0.05, 0) is 42.3 Å². The number of nitrogens with one attached hydrogen (secondary N) is 1. The Hall–Kier alpha value is -4.14. The first-order valence-electron chi connectivity index (χ1n) is 10.4. The van der Waals surface area contributed by atoms with Crippen LogP contribution in [0.2, 0.25) is 0 Å². The van der Waals surface area contributed by atoms with E-state index in [-0.39, 0.29) is 23.2 Å². The molecular formula is C24H22N2O7. The van der Waals surface area contributed by atoms with Crippen LogP contribution in [0.3, 0.4) is 0 Å². The Balaban J connectivity index is 1.26. The monoisotopic (exact) mass is 450 g/mol. The van der Waals surface area contributed by atoms with E-state index in [1.165, 1.54) is 24.3 Å². The van der Waals surface area contributed by atoms with Gasteiger partial charge in [-0.2, -0.15) is 0 Å². The van der Waals surface area contributed by atoms with Crippen molar-refractivity contribution >= 4 is 23.7 Å². The zero-order valence-corrected chi connectivity index (χ0v) is 17.8.